The highest BCUT2D eigenvalue weighted by atomic mass is 79.9. The predicted molar refractivity (Wildman–Crippen MR) is 88.5 cm³/mol. The number of aliphatic hydroxyl groups excluding tert-OH is 1. The molecular weight excluding hydrogens is 386 g/mol. The summed E-state index contributed by atoms with van der Waals surface area (Å²) in [5.41, 5.74) is 2.36. The molecule has 0 aliphatic rings. The lowest BCUT2D eigenvalue weighted by Gasteiger charge is -2.11. The second-order valence-corrected chi connectivity index (χ2v) is 6.23. The molecule has 0 bridgehead atoms. The van der Waals surface area contributed by atoms with Crippen molar-refractivity contribution < 1.29 is 15.0 Å². The summed E-state index contributed by atoms with van der Waals surface area (Å²) < 4.78 is 2.23. The molecule has 2 aromatic heterocycles. The summed E-state index contributed by atoms with van der Waals surface area (Å²) in [5.74, 6) is -1.39. The summed E-state index contributed by atoms with van der Waals surface area (Å²) in [6.45, 7) is 1.60. The average molecular weight is 397 g/mol. The molecule has 2 N–H and O–H groups in total. The number of aryl methyl sites for hydroxylation is 1. The van der Waals surface area contributed by atoms with Gasteiger partial charge in [-0.3, -0.25) is 0 Å². The number of benzene rings is 1. The van der Waals surface area contributed by atoms with E-state index in [-0.39, 0.29) is 10.7 Å². The number of hydrogen-bond donors (Lipinski definition) is 2. The van der Waals surface area contributed by atoms with E-state index >= 15 is 0 Å². The molecule has 3 rings (SSSR count). The van der Waals surface area contributed by atoms with Crippen LogP contribution in [0.25, 0.3) is 16.9 Å². The Morgan fingerprint density at radius 2 is 2.13 bits per heavy atom. The van der Waals surface area contributed by atoms with Crippen molar-refractivity contribution in [2.24, 2.45) is 0 Å². The van der Waals surface area contributed by atoms with Crippen LogP contribution >= 0.6 is 27.5 Å². The van der Waals surface area contributed by atoms with E-state index in [4.69, 9.17) is 16.7 Å². The first kappa shape index (κ1) is 15.9. The van der Waals surface area contributed by atoms with Crippen molar-refractivity contribution in [2.45, 2.75) is 13.0 Å². The van der Waals surface area contributed by atoms with E-state index in [0.29, 0.717) is 17.0 Å². The fraction of sp³-hybridized carbons (Fsp3) is 0.133. The highest BCUT2D eigenvalue weighted by Gasteiger charge is 2.25. The Bertz CT molecular complexity index is 926. The number of fused-ring (bicyclic) bond motifs is 1. The third-order valence-corrected chi connectivity index (χ3v) is 4.26. The van der Waals surface area contributed by atoms with Crippen LogP contribution in [0.3, 0.4) is 0 Å². The molecule has 3 aromatic rings. The Labute approximate surface area is 144 Å². The highest BCUT2D eigenvalue weighted by molar-refractivity contribution is 9.10. The number of nitrogens with zero attached hydrogens (tertiary/aromatic N) is 3. The Kier molecular flexibility index (Phi) is 4.09. The minimum atomic E-state index is -1.75. The van der Waals surface area contributed by atoms with E-state index in [2.05, 4.69) is 26.0 Å². The Morgan fingerprint density at radius 1 is 1.39 bits per heavy atom. The molecule has 0 fully saturated rings. The number of carboxylic acids is 1. The second-order valence-electron chi connectivity index (χ2n) is 4.95. The van der Waals surface area contributed by atoms with E-state index in [1.807, 2.05) is 24.3 Å². The predicted octanol–water partition coefficient (Wildman–Crippen LogP) is 3.24. The van der Waals surface area contributed by atoms with Crippen molar-refractivity contribution in [3.63, 3.8) is 0 Å². The first-order chi connectivity index (χ1) is 10.9. The molecule has 0 amide bonds. The molecule has 8 heteroatoms. The van der Waals surface area contributed by atoms with E-state index in [1.54, 1.807) is 13.0 Å². The van der Waals surface area contributed by atoms with Gasteiger partial charge in [0.2, 0.25) is 0 Å². The standard InChI is InChI=1S/C15H11BrClN3O3/c1-7-12(13(21)15(22)23)14(17)20-11(18-7)6-10(19-20)8-3-2-4-9(16)5-8/h2-6,13,21H,1H3,(H,22,23). The third kappa shape index (κ3) is 2.83. The molecule has 0 spiro atoms. The molecule has 0 saturated carbocycles. The normalized spacial score (nSPS) is 12.5. The van der Waals surface area contributed by atoms with Gasteiger partial charge in [0.1, 0.15) is 5.15 Å². The molecule has 0 aliphatic carbocycles. The van der Waals surface area contributed by atoms with Gasteiger partial charge in [0, 0.05) is 21.8 Å². The number of halogens is 2. The van der Waals surface area contributed by atoms with Gasteiger partial charge in [0.15, 0.2) is 11.8 Å². The maximum absolute atomic E-state index is 11.0. The molecule has 0 saturated heterocycles. The minimum Gasteiger partial charge on any atom is -0.479 e. The van der Waals surface area contributed by atoms with Crippen molar-refractivity contribution in [1.29, 1.82) is 0 Å². The van der Waals surface area contributed by atoms with Gasteiger partial charge in [0.05, 0.1) is 11.3 Å². The van der Waals surface area contributed by atoms with E-state index in [9.17, 15) is 9.90 Å². The van der Waals surface area contributed by atoms with Crippen LogP contribution in [0.4, 0.5) is 0 Å². The van der Waals surface area contributed by atoms with Crippen LogP contribution in [0.2, 0.25) is 5.15 Å². The second kappa shape index (κ2) is 5.92. The van der Waals surface area contributed by atoms with E-state index < -0.39 is 12.1 Å². The zero-order chi connectivity index (χ0) is 16.7. The van der Waals surface area contributed by atoms with Gasteiger partial charge in [-0.1, -0.05) is 39.7 Å². The van der Waals surface area contributed by atoms with Crippen LogP contribution in [0.1, 0.15) is 17.4 Å². The molecule has 1 atom stereocenters. The van der Waals surface area contributed by atoms with Gasteiger partial charge in [-0.05, 0) is 19.1 Å². The Hall–Kier alpha value is -1.96. The van der Waals surface area contributed by atoms with Gasteiger partial charge < -0.3 is 10.2 Å². The topological polar surface area (TPSA) is 87.7 Å². The number of hydrogen-bond acceptors (Lipinski definition) is 4. The van der Waals surface area contributed by atoms with Gasteiger partial charge in [-0.2, -0.15) is 5.10 Å². The molecule has 0 radical (unpaired) electrons. The molecule has 118 valence electrons. The molecule has 0 aliphatic heterocycles. The Morgan fingerprint density at radius 3 is 2.78 bits per heavy atom. The number of carboxylic acid groups (broad SMARTS) is 1. The summed E-state index contributed by atoms with van der Waals surface area (Å²) in [5, 5.41) is 23.2. The quantitative estimate of drug-likeness (QED) is 0.664. The molecule has 1 aromatic carbocycles. The number of carbonyl (C=O) groups is 1. The molecule has 1 unspecified atom stereocenters. The van der Waals surface area contributed by atoms with E-state index in [0.717, 1.165) is 10.0 Å². The highest BCUT2D eigenvalue weighted by Crippen LogP contribution is 2.29. The van der Waals surface area contributed by atoms with Crippen LogP contribution in [0.5, 0.6) is 0 Å². The fourth-order valence-electron chi connectivity index (χ4n) is 2.31. The molecule has 6 nitrogen and oxygen atoms in total. The van der Waals surface area contributed by atoms with Crippen LogP contribution in [0.15, 0.2) is 34.8 Å². The summed E-state index contributed by atoms with van der Waals surface area (Å²) in [6.07, 6.45) is -1.75. The smallest absolute Gasteiger partial charge is 0.337 e. The van der Waals surface area contributed by atoms with Crippen molar-refractivity contribution >= 4 is 39.1 Å². The summed E-state index contributed by atoms with van der Waals surface area (Å²) in [4.78, 5) is 15.3. The number of aromatic nitrogens is 3. The lowest BCUT2D eigenvalue weighted by Crippen LogP contribution is -2.15. The van der Waals surface area contributed by atoms with Gasteiger partial charge in [-0.25, -0.2) is 14.3 Å². The van der Waals surface area contributed by atoms with Crippen molar-refractivity contribution in [3.05, 3.63) is 51.2 Å². The van der Waals surface area contributed by atoms with Crippen molar-refractivity contribution in [2.75, 3.05) is 0 Å². The van der Waals surface area contributed by atoms with Gasteiger partial charge in [-0.15, -0.1) is 0 Å². The summed E-state index contributed by atoms with van der Waals surface area (Å²) in [7, 11) is 0. The lowest BCUT2D eigenvalue weighted by molar-refractivity contribution is -0.147. The van der Waals surface area contributed by atoms with Crippen LogP contribution in [0, 0.1) is 6.92 Å². The first-order valence-electron chi connectivity index (χ1n) is 6.61. The number of rotatable bonds is 3. The first-order valence-corrected chi connectivity index (χ1v) is 7.78. The Balaban J connectivity index is 2.21. The zero-order valence-corrected chi connectivity index (χ0v) is 14.2. The third-order valence-electron chi connectivity index (χ3n) is 3.40. The van der Waals surface area contributed by atoms with Gasteiger partial charge >= 0.3 is 5.97 Å². The monoisotopic (exact) mass is 395 g/mol. The van der Waals surface area contributed by atoms with Crippen LogP contribution in [-0.4, -0.2) is 30.8 Å². The minimum absolute atomic E-state index is 0.0312. The lowest BCUT2D eigenvalue weighted by atomic mass is 10.1. The summed E-state index contributed by atoms with van der Waals surface area (Å²) >= 11 is 9.65. The summed E-state index contributed by atoms with van der Waals surface area (Å²) in [6, 6.07) is 9.31. The largest absolute Gasteiger partial charge is 0.479 e. The van der Waals surface area contributed by atoms with Crippen LogP contribution in [-0.2, 0) is 4.79 Å². The molecule has 23 heavy (non-hydrogen) atoms. The SMILES string of the molecule is Cc1nc2cc(-c3cccc(Br)c3)nn2c(Cl)c1C(O)C(=O)O. The fourth-order valence-corrected chi connectivity index (χ4v) is 3.08. The number of aliphatic carboxylic acids is 1. The molecular formula is C15H11BrClN3O3. The maximum Gasteiger partial charge on any atom is 0.337 e. The molecule has 2 heterocycles. The van der Waals surface area contributed by atoms with E-state index in [1.165, 1.54) is 4.52 Å². The number of aliphatic hydroxyl groups is 1. The van der Waals surface area contributed by atoms with Crippen molar-refractivity contribution in [1.82, 2.24) is 14.6 Å². The zero-order valence-electron chi connectivity index (χ0n) is 11.9. The van der Waals surface area contributed by atoms with Crippen LogP contribution < -0.4 is 0 Å². The maximum atomic E-state index is 11.0. The van der Waals surface area contributed by atoms with Gasteiger partial charge in [0.25, 0.3) is 0 Å². The van der Waals surface area contributed by atoms with Crippen molar-refractivity contribution in [3.8, 4) is 11.3 Å². The average Bonchev–Trinajstić information content (AvgIpc) is 2.91.